The number of halogens is 5. The second-order valence-corrected chi connectivity index (χ2v) is 6.40. The highest BCUT2D eigenvalue weighted by molar-refractivity contribution is 6.33. The molecule has 3 rings (SSSR count). The summed E-state index contributed by atoms with van der Waals surface area (Å²) in [4.78, 5) is 16.2. The van der Waals surface area contributed by atoms with E-state index in [1.165, 1.54) is 10.6 Å². The summed E-state index contributed by atoms with van der Waals surface area (Å²) in [5.74, 6) is -0.333. The van der Waals surface area contributed by atoms with Crippen molar-refractivity contribution in [3.05, 3.63) is 69.6 Å². The highest BCUT2D eigenvalue weighted by Crippen LogP contribution is 2.32. The molecule has 136 valence electrons. The Morgan fingerprint density at radius 2 is 1.88 bits per heavy atom. The first-order valence-corrected chi connectivity index (χ1v) is 8.24. The van der Waals surface area contributed by atoms with E-state index in [0.29, 0.717) is 10.7 Å². The molecule has 0 aliphatic rings. The largest absolute Gasteiger partial charge is 0.417 e. The fourth-order valence-corrected chi connectivity index (χ4v) is 2.87. The molecule has 2 aromatic heterocycles. The molecule has 0 saturated heterocycles. The molecule has 0 saturated carbocycles. The number of nitrogens with one attached hydrogen (secondary N) is 1. The monoisotopic (exact) mass is 401 g/mol. The molecule has 0 unspecified atom stereocenters. The fraction of sp³-hybridized carbons (Fsp3) is 0.176. The number of rotatable bonds is 4. The number of pyridine rings is 1. The molecule has 1 N–H and O–H groups in total. The SMILES string of the molecule is O=C(Cc1cn2cc(C(F)(F)F)cc(Cl)c2n1)NCc1ccccc1Cl. The van der Waals surface area contributed by atoms with Gasteiger partial charge in [-0.15, -0.1) is 0 Å². The Morgan fingerprint density at radius 3 is 2.58 bits per heavy atom. The van der Waals surface area contributed by atoms with Gasteiger partial charge in [0.05, 0.1) is 22.7 Å². The number of carbonyl (C=O) groups is 1. The van der Waals surface area contributed by atoms with Crippen molar-refractivity contribution >= 4 is 34.8 Å². The number of fused-ring (bicyclic) bond motifs is 1. The number of alkyl halides is 3. The van der Waals surface area contributed by atoms with E-state index >= 15 is 0 Å². The summed E-state index contributed by atoms with van der Waals surface area (Å²) >= 11 is 11.9. The van der Waals surface area contributed by atoms with Gasteiger partial charge in [0.2, 0.25) is 5.91 Å². The lowest BCUT2D eigenvalue weighted by Crippen LogP contribution is -2.24. The van der Waals surface area contributed by atoms with Crippen LogP contribution in [0.4, 0.5) is 13.2 Å². The number of amides is 1. The number of carbonyl (C=O) groups excluding carboxylic acids is 1. The van der Waals surface area contributed by atoms with Gasteiger partial charge in [0.15, 0.2) is 5.65 Å². The zero-order chi connectivity index (χ0) is 18.9. The van der Waals surface area contributed by atoms with Gasteiger partial charge in [-0.25, -0.2) is 4.98 Å². The Kier molecular flexibility index (Phi) is 5.11. The van der Waals surface area contributed by atoms with E-state index in [2.05, 4.69) is 10.3 Å². The maximum absolute atomic E-state index is 12.8. The Balaban J connectivity index is 1.73. The molecule has 4 nitrogen and oxygen atoms in total. The van der Waals surface area contributed by atoms with E-state index in [-0.39, 0.29) is 29.5 Å². The lowest BCUT2D eigenvalue weighted by molar-refractivity contribution is -0.137. The van der Waals surface area contributed by atoms with Gasteiger partial charge < -0.3 is 9.72 Å². The lowest BCUT2D eigenvalue weighted by atomic mass is 10.2. The molecule has 0 fully saturated rings. The molecule has 3 aromatic rings. The van der Waals surface area contributed by atoms with E-state index in [0.717, 1.165) is 17.8 Å². The number of aromatic nitrogens is 2. The molecule has 0 atom stereocenters. The number of nitrogens with zero attached hydrogens (tertiary/aromatic N) is 2. The molecular formula is C17H12Cl2F3N3O. The van der Waals surface area contributed by atoms with Crippen molar-refractivity contribution in [1.29, 1.82) is 0 Å². The van der Waals surface area contributed by atoms with Gasteiger partial charge in [-0.1, -0.05) is 41.4 Å². The van der Waals surface area contributed by atoms with Crippen LogP contribution in [0.1, 0.15) is 16.8 Å². The van der Waals surface area contributed by atoms with Crippen molar-refractivity contribution in [3.8, 4) is 0 Å². The van der Waals surface area contributed by atoms with E-state index in [1.54, 1.807) is 24.3 Å². The van der Waals surface area contributed by atoms with Gasteiger partial charge >= 0.3 is 6.18 Å². The average Bonchev–Trinajstić information content (AvgIpc) is 2.96. The van der Waals surface area contributed by atoms with Crippen LogP contribution in [0.3, 0.4) is 0 Å². The zero-order valence-corrected chi connectivity index (χ0v) is 14.7. The van der Waals surface area contributed by atoms with Crippen LogP contribution in [-0.4, -0.2) is 15.3 Å². The van der Waals surface area contributed by atoms with Crippen molar-refractivity contribution in [2.45, 2.75) is 19.1 Å². The van der Waals surface area contributed by atoms with Crippen LogP contribution in [0.2, 0.25) is 10.0 Å². The van der Waals surface area contributed by atoms with Gasteiger partial charge in [-0.3, -0.25) is 4.79 Å². The van der Waals surface area contributed by atoms with Crippen LogP contribution in [0.5, 0.6) is 0 Å². The molecule has 2 heterocycles. The van der Waals surface area contributed by atoms with Crippen LogP contribution in [0.15, 0.2) is 42.7 Å². The van der Waals surface area contributed by atoms with Gasteiger partial charge in [0.25, 0.3) is 0 Å². The third kappa shape index (κ3) is 4.11. The summed E-state index contributed by atoms with van der Waals surface area (Å²) in [6.07, 6.45) is -2.37. The molecule has 0 spiro atoms. The molecule has 26 heavy (non-hydrogen) atoms. The quantitative estimate of drug-likeness (QED) is 0.698. The smallest absolute Gasteiger partial charge is 0.352 e. The first-order valence-electron chi connectivity index (χ1n) is 7.48. The van der Waals surface area contributed by atoms with Crippen molar-refractivity contribution in [1.82, 2.24) is 14.7 Å². The number of hydrogen-bond acceptors (Lipinski definition) is 2. The van der Waals surface area contributed by atoms with E-state index < -0.39 is 11.7 Å². The first kappa shape index (κ1) is 18.5. The molecule has 0 aliphatic heterocycles. The van der Waals surface area contributed by atoms with Gasteiger partial charge in [-0.05, 0) is 17.7 Å². The summed E-state index contributed by atoms with van der Waals surface area (Å²) < 4.78 is 39.7. The Morgan fingerprint density at radius 1 is 1.15 bits per heavy atom. The molecular weight excluding hydrogens is 390 g/mol. The van der Waals surface area contributed by atoms with Gasteiger partial charge in [0, 0.05) is 24.0 Å². The van der Waals surface area contributed by atoms with Crippen LogP contribution in [-0.2, 0) is 23.9 Å². The van der Waals surface area contributed by atoms with E-state index in [9.17, 15) is 18.0 Å². The maximum atomic E-state index is 12.8. The first-order chi connectivity index (χ1) is 12.2. The number of benzene rings is 1. The normalized spacial score (nSPS) is 11.7. The molecule has 0 aliphatic carbocycles. The molecule has 1 aromatic carbocycles. The van der Waals surface area contributed by atoms with Crippen LogP contribution < -0.4 is 5.32 Å². The summed E-state index contributed by atoms with van der Waals surface area (Å²) in [7, 11) is 0. The van der Waals surface area contributed by atoms with Crippen molar-refractivity contribution in [3.63, 3.8) is 0 Å². The van der Waals surface area contributed by atoms with E-state index in [1.807, 2.05) is 0 Å². The summed E-state index contributed by atoms with van der Waals surface area (Å²) in [6.45, 7) is 0.241. The van der Waals surface area contributed by atoms with Crippen LogP contribution in [0, 0.1) is 0 Å². The Labute approximate surface area is 156 Å². The van der Waals surface area contributed by atoms with E-state index in [4.69, 9.17) is 23.2 Å². The zero-order valence-electron chi connectivity index (χ0n) is 13.1. The molecule has 0 bridgehead atoms. The Bertz CT molecular complexity index is 970. The topological polar surface area (TPSA) is 46.4 Å². The summed E-state index contributed by atoms with van der Waals surface area (Å²) in [5.41, 5.74) is 0.342. The molecule has 1 amide bonds. The average molecular weight is 402 g/mol. The highest BCUT2D eigenvalue weighted by Gasteiger charge is 2.31. The second kappa shape index (κ2) is 7.17. The van der Waals surface area contributed by atoms with Crippen LogP contribution >= 0.6 is 23.2 Å². The highest BCUT2D eigenvalue weighted by atomic mass is 35.5. The number of hydrogen-bond donors (Lipinski definition) is 1. The standard InChI is InChI=1S/C17H12Cl2F3N3O/c18-13-4-2-1-3-10(13)7-23-15(26)6-12-9-25-8-11(17(20,21)22)5-14(19)16(25)24-12/h1-5,8-9H,6-7H2,(H,23,26). The van der Waals surface area contributed by atoms with Crippen molar-refractivity contribution < 1.29 is 18.0 Å². The number of imidazole rings is 1. The summed E-state index contributed by atoms with van der Waals surface area (Å²) in [6, 6.07) is 7.89. The minimum atomic E-state index is -4.52. The van der Waals surface area contributed by atoms with Gasteiger partial charge in [-0.2, -0.15) is 13.2 Å². The van der Waals surface area contributed by atoms with Crippen molar-refractivity contribution in [2.75, 3.05) is 0 Å². The minimum absolute atomic E-state index is 0.0934. The third-order valence-electron chi connectivity index (χ3n) is 3.66. The maximum Gasteiger partial charge on any atom is 0.417 e. The predicted octanol–water partition coefficient (Wildman–Crippen LogP) is 4.52. The Hall–Kier alpha value is -2.25. The third-order valence-corrected chi connectivity index (χ3v) is 4.31. The molecule has 9 heteroatoms. The fourth-order valence-electron chi connectivity index (χ4n) is 2.41. The van der Waals surface area contributed by atoms with Crippen LogP contribution in [0.25, 0.3) is 5.65 Å². The minimum Gasteiger partial charge on any atom is -0.352 e. The lowest BCUT2D eigenvalue weighted by Gasteiger charge is -2.07. The summed E-state index contributed by atoms with van der Waals surface area (Å²) in [5, 5.41) is 3.09. The van der Waals surface area contributed by atoms with Crippen molar-refractivity contribution in [2.24, 2.45) is 0 Å². The van der Waals surface area contributed by atoms with Gasteiger partial charge in [0.1, 0.15) is 0 Å². The molecule has 0 radical (unpaired) electrons. The predicted molar refractivity (Wildman–Crippen MR) is 92.2 cm³/mol. The second-order valence-electron chi connectivity index (χ2n) is 5.58.